The maximum atomic E-state index is 3.71. The van der Waals surface area contributed by atoms with Gasteiger partial charge in [0.05, 0.1) is 0 Å². The van der Waals surface area contributed by atoms with E-state index in [0.29, 0.717) is 0 Å². The molecular weight excluding hydrogens is 176 g/mol. The first-order chi connectivity index (χ1) is 4.38. The minimum absolute atomic E-state index is 0.885. The van der Waals surface area contributed by atoms with Gasteiger partial charge in [-0.05, 0) is 30.1 Å². The normalized spacial score (nSPS) is 66.6. The molecule has 0 radical (unpaired) electrons. The van der Waals surface area contributed by atoms with Crippen LogP contribution in [0.1, 0.15) is 6.42 Å². The number of alkyl halides is 1. The Kier molecular flexibility index (Phi) is 0.710. The second-order valence-corrected chi connectivity index (χ2v) is 4.60. The molecule has 0 spiro atoms. The summed E-state index contributed by atoms with van der Waals surface area (Å²) in [5.41, 5.74) is 0. The van der Waals surface area contributed by atoms with Crippen molar-refractivity contribution in [1.82, 2.24) is 0 Å². The maximum absolute atomic E-state index is 3.71. The van der Waals surface area contributed by atoms with Gasteiger partial charge in [0, 0.05) is 4.83 Å². The van der Waals surface area contributed by atoms with Crippen LogP contribution in [0.3, 0.4) is 0 Å². The molecule has 0 heterocycles. The van der Waals surface area contributed by atoms with Crippen LogP contribution < -0.4 is 0 Å². The van der Waals surface area contributed by atoms with E-state index in [4.69, 9.17) is 0 Å². The van der Waals surface area contributed by atoms with Crippen LogP contribution in [0, 0.1) is 23.7 Å². The minimum Gasteiger partial charge on any atom is -0.0884 e. The third-order valence-corrected chi connectivity index (χ3v) is 4.40. The Balaban J connectivity index is 2.03. The first-order valence-electron chi connectivity index (χ1n) is 3.70. The molecule has 0 saturated heterocycles. The summed E-state index contributed by atoms with van der Waals surface area (Å²) in [7, 11) is 0. The Morgan fingerprint density at radius 3 is 2.11 bits per heavy atom. The van der Waals surface area contributed by atoms with Crippen molar-refractivity contribution in [3.8, 4) is 0 Å². The van der Waals surface area contributed by atoms with Crippen molar-refractivity contribution < 1.29 is 0 Å². The molecule has 1 unspecified atom stereocenters. The second kappa shape index (κ2) is 1.29. The molecular formula is C8H9Br. The van der Waals surface area contributed by atoms with Crippen molar-refractivity contribution >= 4 is 15.9 Å². The van der Waals surface area contributed by atoms with Crippen molar-refractivity contribution in [2.75, 3.05) is 0 Å². The molecule has 3 aliphatic rings. The van der Waals surface area contributed by atoms with Gasteiger partial charge in [-0.25, -0.2) is 0 Å². The van der Waals surface area contributed by atoms with Gasteiger partial charge in [0.1, 0.15) is 0 Å². The van der Waals surface area contributed by atoms with Crippen LogP contribution in [0.15, 0.2) is 12.2 Å². The second-order valence-electron chi connectivity index (χ2n) is 3.55. The largest absolute Gasteiger partial charge is 0.0884 e. The number of hydrogen-bond donors (Lipinski definition) is 0. The Morgan fingerprint density at radius 2 is 1.67 bits per heavy atom. The monoisotopic (exact) mass is 184 g/mol. The Hall–Kier alpha value is 0.220. The lowest BCUT2D eigenvalue weighted by Gasteiger charge is -2.01. The number of fused-ring (bicyclic) bond motifs is 5. The van der Waals surface area contributed by atoms with Gasteiger partial charge < -0.3 is 0 Å². The number of halogens is 1. The van der Waals surface area contributed by atoms with E-state index in [1.807, 2.05) is 0 Å². The molecule has 2 saturated carbocycles. The molecule has 3 rings (SSSR count). The van der Waals surface area contributed by atoms with Gasteiger partial charge in [-0.3, -0.25) is 0 Å². The SMILES string of the molecule is BrC1[C@@H]2[C@H]1[C@@H]1C=C[C@H]2C1. The summed E-state index contributed by atoms with van der Waals surface area (Å²) in [5.74, 6) is 4.01. The molecule has 0 aliphatic heterocycles. The quantitative estimate of drug-likeness (QED) is 0.401. The fourth-order valence-corrected chi connectivity index (χ4v) is 4.00. The van der Waals surface area contributed by atoms with Crippen molar-refractivity contribution in [2.24, 2.45) is 23.7 Å². The Bertz CT molecular complexity index is 167. The first kappa shape index (κ1) is 4.95. The average molecular weight is 185 g/mol. The molecule has 5 atom stereocenters. The van der Waals surface area contributed by atoms with Crippen LogP contribution >= 0.6 is 15.9 Å². The van der Waals surface area contributed by atoms with Crippen molar-refractivity contribution in [2.45, 2.75) is 11.2 Å². The summed E-state index contributed by atoms with van der Waals surface area (Å²) in [5, 5.41) is 0. The van der Waals surface area contributed by atoms with Gasteiger partial charge in [0.15, 0.2) is 0 Å². The van der Waals surface area contributed by atoms with Crippen molar-refractivity contribution in [1.29, 1.82) is 0 Å². The lowest BCUT2D eigenvalue weighted by molar-refractivity contribution is 0.582. The van der Waals surface area contributed by atoms with Gasteiger partial charge >= 0.3 is 0 Å². The highest BCUT2D eigenvalue weighted by Crippen LogP contribution is 2.65. The molecule has 9 heavy (non-hydrogen) atoms. The molecule has 0 amide bonds. The molecule has 2 bridgehead atoms. The van der Waals surface area contributed by atoms with Gasteiger partial charge in [-0.1, -0.05) is 28.1 Å². The third kappa shape index (κ3) is 0.429. The zero-order chi connectivity index (χ0) is 6.01. The lowest BCUT2D eigenvalue weighted by atomic mass is 10.1. The molecule has 2 fully saturated rings. The Labute approximate surface area is 63.5 Å². The molecule has 48 valence electrons. The zero-order valence-corrected chi connectivity index (χ0v) is 6.71. The molecule has 0 aromatic rings. The Morgan fingerprint density at radius 1 is 1.11 bits per heavy atom. The fraction of sp³-hybridized carbons (Fsp3) is 0.750. The fourth-order valence-electron chi connectivity index (χ4n) is 2.69. The van der Waals surface area contributed by atoms with Crippen LogP contribution in [0.5, 0.6) is 0 Å². The third-order valence-electron chi connectivity index (χ3n) is 3.18. The van der Waals surface area contributed by atoms with Crippen molar-refractivity contribution in [3.05, 3.63) is 12.2 Å². The zero-order valence-electron chi connectivity index (χ0n) is 5.13. The summed E-state index contributed by atoms with van der Waals surface area (Å²) in [6, 6.07) is 0. The minimum atomic E-state index is 0.885. The van der Waals surface area contributed by atoms with Gasteiger partial charge in [0.2, 0.25) is 0 Å². The number of rotatable bonds is 0. The van der Waals surface area contributed by atoms with Crippen LogP contribution in [0.2, 0.25) is 0 Å². The van der Waals surface area contributed by atoms with E-state index in [9.17, 15) is 0 Å². The van der Waals surface area contributed by atoms with E-state index in [0.717, 1.165) is 28.5 Å². The maximum Gasteiger partial charge on any atom is 0.0220 e. The van der Waals surface area contributed by atoms with E-state index in [1.54, 1.807) is 0 Å². The van der Waals surface area contributed by atoms with Gasteiger partial charge in [0.25, 0.3) is 0 Å². The summed E-state index contributed by atoms with van der Waals surface area (Å²) < 4.78 is 0. The molecule has 0 nitrogen and oxygen atoms in total. The molecule has 0 aromatic carbocycles. The summed E-state index contributed by atoms with van der Waals surface area (Å²) >= 11 is 3.71. The average Bonchev–Trinajstić information content (AvgIpc) is 2.29. The smallest absolute Gasteiger partial charge is 0.0220 e. The van der Waals surface area contributed by atoms with Crippen LogP contribution in [-0.2, 0) is 0 Å². The lowest BCUT2D eigenvalue weighted by Crippen LogP contribution is -1.96. The molecule has 3 aliphatic carbocycles. The highest BCUT2D eigenvalue weighted by molar-refractivity contribution is 9.09. The number of hydrogen-bond acceptors (Lipinski definition) is 0. The predicted molar refractivity (Wildman–Crippen MR) is 40.4 cm³/mol. The predicted octanol–water partition coefficient (Wildman–Crippen LogP) is 2.20. The first-order valence-corrected chi connectivity index (χ1v) is 4.62. The van der Waals surface area contributed by atoms with Crippen molar-refractivity contribution in [3.63, 3.8) is 0 Å². The van der Waals surface area contributed by atoms with Crippen LogP contribution in [0.25, 0.3) is 0 Å². The number of allylic oxidation sites excluding steroid dienone is 2. The highest BCUT2D eigenvalue weighted by Gasteiger charge is 2.62. The van der Waals surface area contributed by atoms with Crippen LogP contribution in [0.4, 0.5) is 0 Å². The molecule has 0 N–H and O–H groups in total. The van der Waals surface area contributed by atoms with Gasteiger partial charge in [-0.2, -0.15) is 0 Å². The highest BCUT2D eigenvalue weighted by atomic mass is 79.9. The van der Waals surface area contributed by atoms with E-state index in [1.165, 1.54) is 6.42 Å². The van der Waals surface area contributed by atoms with E-state index in [-0.39, 0.29) is 0 Å². The summed E-state index contributed by atoms with van der Waals surface area (Å²) in [6.45, 7) is 0. The standard InChI is InChI=1S/C8H9Br/c9-8-6-4-1-2-5(3-4)7(6)8/h1-2,4-8H,3H2/t4-,5+,6-,7+,8?. The van der Waals surface area contributed by atoms with Gasteiger partial charge in [-0.15, -0.1) is 0 Å². The van der Waals surface area contributed by atoms with E-state index in [2.05, 4.69) is 28.1 Å². The van der Waals surface area contributed by atoms with E-state index >= 15 is 0 Å². The topological polar surface area (TPSA) is 0 Å². The molecule has 1 heteroatoms. The summed E-state index contributed by atoms with van der Waals surface area (Å²) in [6.07, 6.45) is 6.32. The van der Waals surface area contributed by atoms with Crippen LogP contribution in [-0.4, -0.2) is 4.83 Å². The summed E-state index contributed by atoms with van der Waals surface area (Å²) in [4.78, 5) is 0.885. The van der Waals surface area contributed by atoms with E-state index < -0.39 is 0 Å². The molecule has 0 aromatic heterocycles.